The molecular weight excluding hydrogens is 983 g/mol. The zero-order valence-corrected chi connectivity index (χ0v) is 51.9. The quantitative estimate of drug-likeness (QED) is 0.0261. The Hall–Kier alpha value is -1.85. The van der Waals surface area contributed by atoms with E-state index in [0.717, 1.165) is 70.6 Å². The molecule has 79 heavy (non-hydrogen) atoms. The summed E-state index contributed by atoms with van der Waals surface area (Å²) >= 11 is 0. The molecule has 0 aromatic carbocycles. The van der Waals surface area contributed by atoms with Gasteiger partial charge in [-0.05, 0) is 51.4 Å². The zero-order chi connectivity index (χ0) is 57.2. The summed E-state index contributed by atoms with van der Waals surface area (Å²) in [6.45, 7) is 3.77. The summed E-state index contributed by atoms with van der Waals surface area (Å²) in [6, 6.07) is -0.725. The maximum atomic E-state index is 13.1. The largest absolute Gasteiger partial charge is 0.394 e. The van der Waals surface area contributed by atoms with Crippen LogP contribution in [0, 0.1) is 0 Å². The van der Waals surface area contributed by atoms with Crippen LogP contribution in [0.5, 0.6) is 0 Å². The lowest BCUT2D eigenvalue weighted by Gasteiger charge is -2.40. The van der Waals surface area contributed by atoms with Gasteiger partial charge in [0.25, 0.3) is 0 Å². The molecule has 0 saturated carbocycles. The van der Waals surface area contributed by atoms with Crippen molar-refractivity contribution in [3.8, 4) is 0 Å². The van der Waals surface area contributed by atoms with Gasteiger partial charge in [0.1, 0.15) is 24.4 Å². The van der Waals surface area contributed by atoms with Gasteiger partial charge >= 0.3 is 0 Å². The van der Waals surface area contributed by atoms with E-state index in [-0.39, 0.29) is 12.5 Å². The number of unbranched alkanes of at least 4 members (excludes halogenated alkanes) is 42. The molecule has 6 N–H and O–H groups in total. The van der Waals surface area contributed by atoms with Crippen molar-refractivity contribution in [2.24, 2.45) is 0 Å². The summed E-state index contributed by atoms with van der Waals surface area (Å²) in [5, 5.41) is 54.9. The van der Waals surface area contributed by atoms with Gasteiger partial charge in [-0.1, -0.05) is 326 Å². The molecule has 1 rings (SSSR count). The first kappa shape index (κ1) is 75.2. The Kier molecular flexibility index (Phi) is 56.4. The predicted molar refractivity (Wildman–Crippen MR) is 336 cm³/mol. The Bertz CT molecular complexity index is 1380. The van der Waals surface area contributed by atoms with Crippen molar-refractivity contribution >= 4 is 5.91 Å². The highest BCUT2D eigenvalue weighted by Gasteiger charge is 2.44. The third kappa shape index (κ3) is 48.3. The van der Waals surface area contributed by atoms with Crippen molar-refractivity contribution < 1.29 is 39.8 Å². The summed E-state index contributed by atoms with van der Waals surface area (Å²) in [6.07, 6.45) is 73.2. The lowest BCUT2D eigenvalue weighted by Crippen LogP contribution is -2.60. The Balaban J connectivity index is 2.11. The SMILES string of the molecule is CC/C=C\C/C=C\C/C=C\C/C=C\CCCCCCCCCCCCC(=O)NC(COC1OC(CO)C(O)C(O)C1O)C(O)CCCCCCCCCCCCCCCCCCCCCCCCCCCCCCCCCCC. The number of hydrogen-bond donors (Lipinski definition) is 6. The molecule has 0 radical (unpaired) electrons. The fourth-order valence-electron chi connectivity index (χ4n) is 11.1. The van der Waals surface area contributed by atoms with E-state index in [0.29, 0.717) is 12.8 Å². The molecule has 7 atom stereocenters. The first-order valence-electron chi connectivity index (χ1n) is 34.3. The molecule has 0 spiro atoms. The van der Waals surface area contributed by atoms with Crippen LogP contribution in [0.1, 0.15) is 335 Å². The van der Waals surface area contributed by atoms with Gasteiger partial charge in [0.2, 0.25) is 5.91 Å². The third-order valence-corrected chi connectivity index (χ3v) is 16.4. The monoisotopic (exact) mass is 1110 g/mol. The number of carbonyl (C=O) groups excluding carboxylic acids is 1. The van der Waals surface area contributed by atoms with Crippen LogP contribution < -0.4 is 5.32 Å². The van der Waals surface area contributed by atoms with E-state index in [1.54, 1.807) is 0 Å². The Labute approximate surface area is 488 Å². The molecule has 7 unspecified atom stereocenters. The topological polar surface area (TPSA) is 149 Å². The van der Waals surface area contributed by atoms with Crippen molar-refractivity contribution in [3.63, 3.8) is 0 Å². The molecule has 0 aliphatic carbocycles. The molecule has 1 aliphatic rings. The van der Waals surface area contributed by atoms with Crippen LogP contribution in [0.4, 0.5) is 0 Å². The predicted octanol–water partition coefficient (Wildman–Crippen LogP) is 18.4. The van der Waals surface area contributed by atoms with Crippen molar-refractivity contribution in [1.29, 1.82) is 0 Å². The van der Waals surface area contributed by atoms with Gasteiger partial charge < -0.3 is 40.3 Å². The number of amides is 1. The lowest BCUT2D eigenvalue weighted by molar-refractivity contribution is -0.302. The van der Waals surface area contributed by atoms with Crippen LogP contribution in [0.15, 0.2) is 48.6 Å². The lowest BCUT2D eigenvalue weighted by atomic mass is 9.99. The average molecular weight is 1110 g/mol. The molecular formula is C70H131NO8. The summed E-state index contributed by atoms with van der Waals surface area (Å²) in [4.78, 5) is 13.1. The molecule has 1 saturated heterocycles. The van der Waals surface area contributed by atoms with Crippen molar-refractivity contribution in [2.75, 3.05) is 13.2 Å². The second kappa shape index (κ2) is 59.3. The minimum atomic E-state index is -1.56. The van der Waals surface area contributed by atoms with Crippen LogP contribution in [-0.2, 0) is 14.3 Å². The molecule has 0 bridgehead atoms. The third-order valence-electron chi connectivity index (χ3n) is 16.4. The maximum absolute atomic E-state index is 13.1. The summed E-state index contributed by atoms with van der Waals surface area (Å²) < 4.78 is 11.4. The molecule has 9 nitrogen and oxygen atoms in total. The van der Waals surface area contributed by atoms with Gasteiger partial charge in [-0.15, -0.1) is 0 Å². The highest BCUT2D eigenvalue weighted by atomic mass is 16.7. The van der Waals surface area contributed by atoms with Crippen LogP contribution in [0.25, 0.3) is 0 Å². The van der Waals surface area contributed by atoms with Crippen LogP contribution >= 0.6 is 0 Å². The number of rotatable bonds is 60. The first-order chi connectivity index (χ1) is 38.8. The van der Waals surface area contributed by atoms with E-state index in [1.807, 2.05) is 0 Å². The van der Waals surface area contributed by atoms with Gasteiger partial charge in [0, 0.05) is 6.42 Å². The highest BCUT2D eigenvalue weighted by Crippen LogP contribution is 2.24. The fourth-order valence-corrected chi connectivity index (χ4v) is 11.1. The molecule has 1 amide bonds. The number of ether oxygens (including phenoxy) is 2. The van der Waals surface area contributed by atoms with Gasteiger partial charge in [-0.3, -0.25) is 4.79 Å². The van der Waals surface area contributed by atoms with E-state index >= 15 is 0 Å². The molecule has 1 heterocycles. The molecule has 1 aliphatic heterocycles. The van der Waals surface area contributed by atoms with Crippen molar-refractivity contribution in [2.45, 2.75) is 378 Å². The first-order valence-corrected chi connectivity index (χ1v) is 34.3. The number of aliphatic hydroxyl groups excluding tert-OH is 5. The Morgan fingerprint density at radius 1 is 0.443 bits per heavy atom. The van der Waals surface area contributed by atoms with Gasteiger partial charge in [-0.25, -0.2) is 0 Å². The summed E-state index contributed by atoms with van der Waals surface area (Å²) in [7, 11) is 0. The van der Waals surface area contributed by atoms with E-state index in [1.165, 1.54) is 238 Å². The second-order valence-corrected chi connectivity index (χ2v) is 23.9. The molecule has 1 fully saturated rings. The van der Waals surface area contributed by atoms with E-state index in [4.69, 9.17) is 9.47 Å². The average Bonchev–Trinajstić information content (AvgIpc) is 3.47. The molecule has 9 heteroatoms. The van der Waals surface area contributed by atoms with Crippen molar-refractivity contribution in [1.82, 2.24) is 5.32 Å². The van der Waals surface area contributed by atoms with E-state index < -0.39 is 49.5 Å². The van der Waals surface area contributed by atoms with Gasteiger partial charge in [0.15, 0.2) is 6.29 Å². The van der Waals surface area contributed by atoms with Crippen molar-refractivity contribution in [3.05, 3.63) is 48.6 Å². The number of nitrogens with one attached hydrogen (secondary N) is 1. The number of aliphatic hydroxyl groups is 5. The van der Waals surface area contributed by atoms with Crippen LogP contribution in [-0.4, -0.2) is 87.5 Å². The number of allylic oxidation sites excluding steroid dienone is 8. The van der Waals surface area contributed by atoms with Crippen LogP contribution in [0.2, 0.25) is 0 Å². The normalized spacial score (nSPS) is 18.8. The highest BCUT2D eigenvalue weighted by molar-refractivity contribution is 5.76. The zero-order valence-electron chi connectivity index (χ0n) is 51.9. The smallest absolute Gasteiger partial charge is 0.220 e. The fraction of sp³-hybridized carbons (Fsp3) is 0.871. The summed E-state index contributed by atoms with van der Waals surface area (Å²) in [5.74, 6) is -0.145. The van der Waals surface area contributed by atoms with E-state index in [9.17, 15) is 30.3 Å². The second-order valence-electron chi connectivity index (χ2n) is 23.9. The minimum absolute atomic E-state index is 0.139. The minimum Gasteiger partial charge on any atom is -0.394 e. The number of carbonyl (C=O) groups is 1. The van der Waals surface area contributed by atoms with Gasteiger partial charge in [-0.2, -0.15) is 0 Å². The molecule has 0 aromatic heterocycles. The Morgan fingerprint density at radius 2 is 0.785 bits per heavy atom. The van der Waals surface area contributed by atoms with Crippen LogP contribution in [0.3, 0.4) is 0 Å². The maximum Gasteiger partial charge on any atom is 0.220 e. The summed E-state index contributed by atoms with van der Waals surface area (Å²) in [5.41, 5.74) is 0. The Morgan fingerprint density at radius 3 is 1.16 bits per heavy atom. The van der Waals surface area contributed by atoms with Gasteiger partial charge in [0.05, 0.1) is 25.4 Å². The molecule has 464 valence electrons. The molecule has 0 aromatic rings. The van der Waals surface area contributed by atoms with E-state index in [2.05, 4.69) is 67.8 Å². The standard InChI is InChI=1S/C70H131NO8/c1-3-5-7-9-11-13-15-17-19-21-23-25-27-28-29-30-31-32-33-34-35-36-38-39-41-43-45-47-49-51-53-55-57-59-64(73)63(62-78-70-69(77)68(76)67(75)65(61-72)79-70)71-66(74)60-58-56-54-52-50-48-46-44-42-40-37-26-24-22-20-18-16-14-12-10-8-6-4-2/h6,8,12,14,18,20,24,26,63-65,67-70,72-73,75-77H,3-5,7,9-11,13,15-17,19,21-23,25,27-62H2,1-2H3,(H,71,74)/b8-6-,14-12-,20-18-,26-24-. The number of hydrogen-bond acceptors (Lipinski definition) is 8.